The van der Waals surface area contributed by atoms with Crippen LogP contribution in [0.25, 0.3) is 0 Å². The number of piperidine rings is 1. The average Bonchev–Trinajstić information content (AvgIpc) is 3.03. The third-order valence-corrected chi connectivity index (χ3v) is 4.85. The van der Waals surface area contributed by atoms with E-state index in [0.717, 1.165) is 57.0 Å². The van der Waals surface area contributed by atoms with Crippen molar-refractivity contribution in [2.45, 2.75) is 38.1 Å². The Kier molecular flexibility index (Phi) is 4.95. The minimum absolute atomic E-state index is 0.154. The van der Waals surface area contributed by atoms with E-state index in [-0.39, 0.29) is 18.6 Å². The van der Waals surface area contributed by atoms with E-state index in [1.54, 1.807) is 6.33 Å². The number of aliphatic hydroxyl groups excluding tert-OH is 1. The van der Waals surface area contributed by atoms with Gasteiger partial charge < -0.3 is 20.6 Å². The highest BCUT2D eigenvalue weighted by Gasteiger charge is 2.27. The smallest absolute Gasteiger partial charge is 0.217 e. The maximum absolute atomic E-state index is 11.2. The second-order valence-corrected chi connectivity index (χ2v) is 6.53. The molecule has 1 aromatic rings. The van der Waals surface area contributed by atoms with Crippen molar-refractivity contribution in [2.24, 2.45) is 11.7 Å². The quantitative estimate of drug-likeness (QED) is 0.822. The molecule has 0 saturated carbocycles. The first kappa shape index (κ1) is 16.0. The van der Waals surface area contributed by atoms with Crippen LogP contribution in [0.2, 0.25) is 0 Å². The molecular weight excluding hydrogens is 294 g/mol. The summed E-state index contributed by atoms with van der Waals surface area (Å²) in [6.07, 6.45) is 6.19. The van der Waals surface area contributed by atoms with Gasteiger partial charge in [0.25, 0.3) is 0 Å². The molecule has 0 aliphatic carbocycles. The molecule has 0 bridgehead atoms. The van der Waals surface area contributed by atoms with Crippen molar-refractivity contribution < 1.29 is 9.90 Å². The SMILES string of the molecule is NC(=O)CC1CCCN(c2cc(N3CCCC3CO)ncn2)C1. The molecule has 0 spiro atoms. The van der Waals surface area contributed by atoms with Crippen molar-refractivity contribution in [3.8, 4) is 0 Å². The minimum atomic E-state index is -0.233. The summed E-state index contributed by atoms with van der Waals surface area (Å²) in [4.78, 5) is 24.3. The van der Waals surface area contributed by atoms with E-state index >= 15 is 0 Å². The fourth-order valence-electron chi connectivity index (χ4n) is 3.72. The van der Waals surface area contributed by atoms with Crippen molar-refractivity contribution in [1.82, 2.24) is 9.97 Å². The summed E-state index contributed by atoms with van der Waals surface area (Å²) in [5.74, 6) is 1.84. The number of carbonyl (C=O) groups is 1. The molecule has 7 heteroatoms. The van der Waals surface area contributed by atoms with Gasteiger partial charge in [0.05, 0.1) is 12.6 Å². The Bertz CT molecular complexity index is 553. The van der Waals surface area contributed by atoms with E-state index in [1.165, 1.54) is 0 Å². The summed E-state index contributed by atoms with van der Waals surface area (Å²) in [6.45, 7) is 2.83. The van der Waals surface area contributed by atoms with Crippen molar-refractivity contribution >= 4 is 17.5 Å². The lowest BCUT2D eigenvalue weighted by Crippen LogP contribution is -2.38. The lowest BCUT2D eigenvalue weighted by molar-refractivity contribution is -0.118. The van der Waals surface area contributed by atoms with Crippen molar-refractivity contribution in [3.05, 3.63) is 12.4 Å². The van der Waals surface area contributed by atoms with Crippen molar-refractivity contribution in [1.29, 1.82) is 0 Å². The zero-order chi connectivity index (χ0) is 16.2. The molecule has 2 aliphatic rings. The Morgan fingerprint density at radius 3 is 2.83 bits per heavy atom. The van der Waals surface area contributed by atoms with Crippen molar-refractivity contribution in [3.63, 3.8) is 0 Å². The number of nitrogens with zero attached hydrogens (tertiary/aromatic N) is 4. The summed E-state index contributed by atoms with van der Waals surface area (Å²) < 4.78 is 0. The molecule has 0 radical (unpaired) electrons. The fourth-order valence-corrected chi connectivity index (χ4v) is 3.72. The zero-order valence-corrected chi connectivity index (χ0v) is 13.4. The number of nitrogens with two attached hydrogens (primary N) is 1. The Labute approximate surface area is 136 Å². The first-order valence-corrected chi connectivity index (χ1v) is 8.40. The normalized spacial score (nSPS) is 24.9. The van der Waals surface area contributed by atoms with Crippen LogP contribution < -0.4 is 15.5 Å². The predicted octanol–water partition coefficient (Wildman–Crippen LogP) is 0.529. The lowest BCUT2D eigenvalue weighted by Gasteiger charge is -2.33. The second-order valence-electron chi connectivity index (χ2n) is 6.53. The number of primary amides is 1. The molecule has 2 saturated heterocycles. The molecule has 3 rings (SSSR count). The molecule has 3 N–H and O–H groups in total. The van der Waals surface area contributed by atoms with E-state index < -0.39 is 0 Å². The molecule has 3 heterocycles. The van der Waals surface area contributed by atoms with E-state index in [9.17, 15) is 9.90 Å². The Morgan fingerprint density at radius 1 is 1.26 bits per heavy atom. The van der Waals surface area contributed by atoms with Gasteiger partial charge in [-0.2, -0.15) is 0 Å². The van der Waals surface area contributed by atoms with Crippen LogP contribution in [-0.2, 0) is 4.79 Å². The van der Waals surface area contributed by atoms with Crippen LogP contribution in [0.1, 0.15) is 32.1 Å². The highest BCUT2D eigenvalue weighted by Crippen LogP contribution is 2.28. The average molecular weight is 319 g/mol. The Balaban J connectivity index is 1.73. The molecule has 126 valence electrons. The number of rotatable bonds is 5. The van der Waals surface area contributed by atoms with Crippen LogP contribution in [-0.4, -0.2) is 53.3 Å². The number of aromatic nitrogens is 2. The maximum atomic E-state index is 11.2. The van der Waals surface area contributed by atoms with Gasteiger partial charge in [-0.3, -0.25) is 4.79 Å². The van der Waals surface area contributed by atoms with E-state index in [1.807, 2.05) is 6.07 Å². The van der Waals surface area contributed by atoms with Crippen LogP contribution in [0.4, 0.5) is 11.6 Å². The van der Waals surface area contributed by atoms with Gasteiger partial charge in [0.2, 0.25) is 5.91 Å². The zero-order valence-electron chi connectivity index (χ0n) is 13.4. The highest BCUT2D eigenvalue weighted by atomic mass is 16.3. The van der Waals surface area contributed by atoms with E-state index in [4.69, 9.17) is 5.73 Å². The topological polar surface area (TPSA) is 95.6 Å². The van der Waals surface area contributed by atoms with Crippen LogP contribution in [0.5, 0.6) is 0 Å². The Morgan fingerprint density at radius 2 is 2.04 bits per heavy atom. The van der Waals surface area contributed by atoms with Gasteiger partial charge >= 0.3 is 0 Å². The highest BCUT2D eigenvalue weighted by molar-refractivity contribution is 5.74. The van der Waals surface area contributed by atoms with Gasteiger partial charge in [0, 0.05) is 32.1 Å². The number of carbonyl (C=O) groups excluding carboxylic acids is 1. The maximum Gasteiger partial charge on any atom is 0.217 e. The van der Waals surface area contributed by atoms with Crippen LogP contribution in [0.3, 0.4) is 0 Å². The Hall–Kier alpha value is -1.89. The lowest BCUT2D eigenvalue weighted by atomic mass is 9.94. The van der Waals surface area contributed by atoms with Crippen LogP contribution in [0.15, 0.2) is 12.4 Å². The van der Waals surface area contributed by atoms with Gasteiger partial charge in [-0.15, -0.1) is 0 Å². The predicted molar refractivity (Wildman–Crippen MR) is 88.2 cm³/mol. The molecule has 7 nitrogen and oxygen atoms in total. The molecule has 0 aromatic carbocycles. The van der Waals surface area contributed by atoms with Crippen molar-refractivity contribution in [2.75, 3.05) is 36.0 Å². The molecule has 2 fully saturated rings. The summed E-state index contributed by atoms with van der Waals surface area (Å²) in [5, 5.41) is 9.50. The summed E-state index contributed by atoms with van der Waals surface area (Å²) in [7, 11) is 0. The fraction of sp³-hybridized carbons (Fsp3) is 0.688. The van der Waals surface area contributed by atoms with Gasteiger partial charge in [-0.1, -0.05) is 0 Å². The van der Waals surface area contributed by atoms with E-state index in [0.29, 0.717) is 12.3 Å². The molecule has 2 atom stereocenters. The molecule has 2 unspecified atom stereocenters. The van der Waals surface area contributed by atoms with E-state index in [2.05, 4.69) is 19.8 Å². The third-order valence-electron chi connectivity index (χ3n) is 4.85. The van der Waals surface area contributed by atoms with Gasteiger partial charge in [-0.05, 0) is 31.6 Å². The molecular formula is C16H25N5O2. The van der Waals surface area contributed by atoms with Gasteiger partial charge in [0.1, 0.15) is 18.0 Å². The third kappa shape index (κ3) is 3.72. The largest absolute Gasteiger partial charge is 0.394 e. The summed E-state index contributed by atoms with van der Waals surface area (Å²) >= 11 is 0. The number of amides is 1. The standard InChI is InChI=1S/C16H25N5O2/c17-14(23)7-12-3-1-5-20(9-12)15-8-16(19-11-18-15)21-6-2-4-13(21)10-22/h8,11-13,22H,1-7,9-10H2,(H2,17,23). The number of hydrogen-bond acceptors (Lipinski definition) is 6. The van der Waals surface area contributed by atoms with Crippen LogP contribution in [0, 0.1) is 5.92 Å². The first-order valence-electron chi connectivity index (χ1n) is 8.40. The van der Waals surface area contributed by atoms with Crippen LogP contribution >= 0.6 is 0 Å². The molecule has 1 amide bonds. The second kappa shape index (κ2) is 7.12. The molecule has 2 aliphatic heterocycles. The summed E-state index contributed by atoms with van der Waals surface area (Å²) in [5.41, 5.74) is 5.33. The minimum Gasteiger partial charge on any atom is -0.394 e. The van der Waals surface area contributed by atoms with Gasteiger partial charge in [-0.25, -0.2) is 9.97 Å². The molecule has 23 heavy (non-hydrogen) atoms. The van der Waals surface area contributed by atoms with Gasteiger partial charge in [0.15, 0.2) is 0 Å². The monoisotopic (exact) mass is 319 g/mol. The number of anilines is 2. The number of aliphatic hydroxyl groups is 1. The molecule has 1 aromatic heterocycles. The number of hydrogen-bond donors (Lipinski definition) is 2. The summed E-state index contributed by atoms with van der Waals surface area (Å²) in [6, 6.07) is 2.15. The first-order chi connectivity index (χ1) is 11.2.